The molecule has 1 aromatic rings. The lowest BCUT2D eigenvalue weighted by molar-refractivity contribution is -0.149. The van der Waals surface area contributed by atoms with E-state index >= 15 is 0 Å². The maximum absolute atomic E-state index is 12.3. The van der Waals surface area contributed by atoms with Gasteiger partial charge >= 0.3 is 5.97 Å². The quantitative estimate of drug-likeness (QED) is 0.798. The van der Waals surface area contributed by atoms with Gasteiger partial charge in [0.05, 0.1) is 25.3 Å². The Hall–Kier alpha value is -2.44. The van der Waals surface area contributed by atoms with E-state index in [1.807, 2.05) is 12.1 Å². The van der Waals surface area contributed by atoms with Crippen LogP contribution in [0.4, 0.5) is 0 Å². The molecule has 2 rings (SSSR count). The summed E-state index contributed by atoms with van der Waals surface area (Å²) in [5, 5.41) is 2.65. The van der Waals surface area contributed by atoms with Crippen LogP contribution in [0, 0.1) is 5.92 Å². The molecule has 0 saturated carbocycles. The molecule has 1 N–H and O–H groups in total. The molecular weight excluding hydrogens is 298 g/mol. The Labute approximate surface area is 135 Å². The van der Waals surface area contributed by atoms with Crippen molar-refractivity contribution in [2.24, 2.45) is 5.92 Å². The van der Waals surface area contributed by atoms with Crippen molar-refractivity contribution in [3.8, 4) is 0 Å². The minimum Gasteiger partial charge on any atom is -0.467 e. The molecule has 0 bridgehead atoms. The van der Waals surface area contributed by atoms with Crippen LogP contribution in [0.15, 0.2) is 24.4 Å². The van der Waals surface area contributed by atoms with E-state index in [0.717, 1.165) is 5.69 Å². The molecule has 0 aliphatic carbocycles. The Morgan fingerprint density at radius 2 is 2.17 bits per heavy atom. The first kappa shape index (κ1) is 16.9. The SMILES string of the molecule is COC(=O)C(C)(C)NC(=O)[C@H]1CC(=O)N(Cc2ccccn2)C1. The van der Waals surface area contributed by atoms with Gasteiger partial charge in [-0.2, -0.15) is 0 Å². The van der Waals surface area contributed by atoms with Crippen molar-refractivity contribution in [1.82, 2.24) is 15.2 Å². The lowest BCUT2D eigenvalue weighted by Gasteiger charge is -2.24. The fraction of sp³-hybridized carbons (Fsp3) is 0.500. The molecule has 1 saturated heterocycles. The van der Waals surface area contributed by atoms with Gasteiger partial charge in [-0.05, 0) is 26.0 Å². The van der Waals surface area contributed by atoms with Gasteiger partial charge in [0.25, 0.3) is 0 Å². The molecule has 23 heavy (non-hydrogen) atoms. The van der Waals surface area contributed by atoms with Crippen LogP contribution >= 0.6 is 0 Å². The molecule has 124 valence electrons. The predicted octanol–water partition coefficient (Wildman–Crippen LogP) is 0.498. The summed E-state index contributed by atoms with van der Waals surface area (Å²) >= 11 is 0. The molecule has 2 heterocycles. The Morgan fingerprint density at radius 1 is 1.43 bits per heavy atom. The second kappa shape index (κ2) is 6.76. The molecule has 1 aliphatic heterocycles. The van der Waals surface area contributed by atoms with E-state index in [9.17, 15) is 14.4 Å². The Bertz CT molecular complexity index is 601. The van der Waals surface area contributed by atoms with E-state index in [2.05, 4.69) is 15.0 Å². The van der Waals surface area contributed by atoms with Crippen molar-refractivity contribution in [3.05, 3.63) is 30.1 Å². The molecule has 0 radical (unpaired) electrons. The minimum absolute atomic E-state index is 0.0910. The number of nitrogens with one attached hydrogen (secondary N) is 1. The molecule has 7 heteroatoms. The van der Waals surface area contributed by atoms with Crippen LogP contribution in [-0.2, 0) is 25.7 Å². The summed E-state index contributed by atoms with van der Waals surface area (Å²) in [6, 6.07) is 5.49. The van der Waals surface area contributed by atoms with Crippen LogP contribution in [0.1, 0.15) is 26.0 Å². The summed E-state index contributed by atoms with van der Waals surface area (Å²) in [5.74, 6) is -1.42. The van der Waals surface area contributed by atoms with E-state index < -0.39 is 17.4 Å². The minimum atomic E-state index is -1.12. The maximum atomic E-state index is 12.3. The predicted molar refractivity (Wildman–Crippen MR) is 82.0 cm³/mol. The summed E-state index contributed by atoms with van der Waals surface area (Å²) in [5.41, 5.74) is -0.347. The third kappa shape index (κ3) is 4.06. The van der Waals surface area contributed by atoms with Gasteiger partial charge in [0.1, 0.15) is 5.54 Å². The number of nitrogens with zero attached hydrogens (tertiary/aromatic N) is 2. The largest absolute Gasteiger partial charge is 0.467 e. The number of carbonyl (C=O) groups is 3. The zero-order chi connectivity index (χ0) is 17.0. The first-order chi connectivity index (χ1) is 10.8. The summed E-state index contributed by atoms with van der Waals surface area (Å²) in [6.07, 6.45) is 1.80. The normalized spacial score (nSPS) is 18.0. The highest BCUT2D eigenvalue weighted by molar-refractivity contribution is 5.92. The monoisotopic (exact) mass is 319 g/mol. The average molecular weight is 319 g/mol. The molecule has 1 aliphatic rings. The van der Waals surface area contributed by atoms with Crippen molar-refractivity contribution in [1.29, 1.82) is 0 Å². The Kier molecular flexibility index (Phi) is 4.98. The van der Waals surface area contributed by atoms with Gasteiger partial charge in [-0.15, -0.1) is 0 Å². The van der Waals surface area contributed by atoms with E-state index in [4.69, 9.17) is 0 Å². The summed E-state index contributed by atoms with van der Waals surface area (Å²) in [7, 11) is 1.27. The number of rotatable bonds is 5. The molecule has 1 aromatic heterocycles. The van der Waals surface area contributed by atoms with Gasteiger partial charge in [0.15, 0.2) is 0 Å². The third-order valence-electron chi connectivity index (χ3n) is 3.80. The van der Waals surface area contributed by atoms with Crippen LogP contribution in [0.25, 0.3) is 0 Å². The van der Waals surface area contributed by atoms with E-state index in [0.29, 0.717) is 13.1 Å². The van der Waals surface area contributed by atoms with Crippen molar-refractivity contribution in [2.75, 3.05) is 13.7 Å². The van der Waals surface area contributed by atoms with Crippen LogP contribution in [0.2, 0.25) is 0 Å². The first-order valence-electron chi connectivity index (χ1n) is 7.41. The molecule has 0 unspecified atom stereocenters. The van der Waals surface area contributed by atoms with Gasteiger partial charge in [-0.25, -0.2) is 4.79 Å². The number of carbonyl (C=O) groups excluding carboxylic acids is 3. The topological polar surface area (TPSA) is 88.6 Å². The average Bonchev–Trinajstić information content (AvgIpc) is 2.88. The number of pyridine rings is 1. The van der Waals surface area contributed by atoms with Gasteiger partial charge in [0.2, 0.25) is 11.8 Å². The molecule has 1 fully saturated rings. The lowest BCUT2D eigenvalue weighted by atomic mass is 10.0. The summed E-state index contributed by atoms with van der Waals surface area (Å²) in [4.78, 5) is 41.8. The van der Waals surface area contributed by atoms with Crippen molar-refractivity contribution >= 4 is 17.8 Å². The van der Waals surface area contributed by atoms with E-state index in [1.54, 1.807) is 31.0 Å². The third-order valence-corrected chi connectivity index (χ3v) is 3.80. The maximum Gasteiger partial charge on any atom is 0.330 e. The Morgan fingerprint density at radius 3 is 2.78 bits per heavy atom. The zero-order valence-corrected chi connectivity index (χ0v) is 13.5. The van der Waals surface area contributed by atoms with Crippen LogP contribution < -0.4 is 5.32 Å². The number of hydrogen-bond donors (Lipinski definition) is 1. The number of aromatic nitrogens is 1. The molecule has 1 atom stereocenters. The fourth-order valence-corrected chi connectivity index (χ4v) is 2.50. The van der Waals surface area contributed by atoms with Crippen molar-refractivity contribution < 1.29 is 19.1 Å². The van der Waals surface area contributed by atoms with Gasteiger partial charge in [-0.3, -0.25) is 14.6 Å². The molecule has 2 amide bonds. The highest BCUT2D eigenvalue weighted by Crippen LogP contribution is 2.21. The van der Waals surface area contributed by atoms with E-state index in [-0.39, 0.29) is 18.2 Å². The summed E-state index contributed by atoms with van der Waals surface area (Å²) in [6.45, 7) is 3.83. The number of amides is 2. The molecule has 7 nitrogen and oxygen atoms in total. The zero-order valence-electron chi connectivity index (χ0n) is 13.5. The van der Waals surface area contributed by atoms with E-state index in [1.165, 1.54) is 7.11 Å². The van der Waals surface area contributed by atoms with Crippen LogP contribution in [0.3, 0.4) is 0 Å². The highest BCUT2D eigenvalue weighted by atomic mass is 16.5. The van der Waals surface area contributed by atoms with Crippen LogP contribution in [-0.4, -0.2) is 46.9 Å². The van der Waals surface area contributed by atoms with Crippen molar-refractivity contribution in [3.63, 3.8) is 0 Å². The van der Waals surface area contributed by atoms with Crippen LogP contribution in [0.5, 0.6) is 0 Å². The Balaban J connectivity index is 1.96. The molecule has 0 aromatic carbocycles. The molecule has 0 spiro atoms. The highest BCUT2D eigenvalue weighted by Gasteiger charge is 2.38. The first-order valence-corrected chi connectivity index (χ1v) is 7.41. The number of ether oxygens (including phenoxy) is 1. The standard InChI is InChI=1S/C16H21N3O4/c1-16(2,15(22)23-3)18-14(21)11-8-13(20)19(9-11)10-12-6-4-5-7-17-12/h4-7,11H,8-10H2,1-3H3,(H,18,21)/t11-/m0/s1. The number of esters is 1. The van der Waals surface area contributed by atoms with Crippen molar-refractivity contribution in [2.45, 2.75) is 32.4 Å². The van der Waals surface area contributed by atoms with Gasteiger partial charge < -0.3 is 15.0 Å². The van der Waals surface area contributed by atoms with Gasteiger partial charge in [0, 0.05) is 19.2 Å². The number of methoxy groups -OCH3 is 1. The second-order valence-electron chi connectivity index (χ2n) is 6.10. The summed E-state index contributed by atoms with van der Waals surface area (Å²) < 4.78 is 4.66. The number of likely N-dealkylation sites (tertiary alicyclic amines) is 1. The second-order valence-corrected chi connectivity index (χ2v) is 6.10. The smallest absolute Gasteiger partial charge is 0.330 e. The van der Waals surface area contributed by atoms with Gasteiger partial charge in [-0.1, -0.05) is 6.07 Å². The number of hydrogen-bond acceptors (Lipinski definition) is 5. The fourth-order valence-electron chi connectivity index (χ4n) is 2.50. The lowest BCUT2D eigenvalue weighted by Crippen LogP contribution is -2.52. The molecular formula is C16H21N3O4.